The molecular formula is C21H17F2NO2. The molecule has 3 rings (SSSR count). The number of para-hydroxylation sites is 1. The molecule has 0 saturated heterocycles. The Morgan fingerprint density at radius 2 is 1.62 bits per heavy atom. The average molecular weight is 353 g/mol. The van der Waals surface area contributed by atoms with Crippen molar-refractivity contribution in [2.75, 3.05) is 5.32 Å². The number of anilines is 1. The van der Waals surface area contributed by atoms with Crippen molar-refractivity contribution in [3.05, 3.63) is 84.4 Å². The van der Waals surface area contributed by atoms with Crippen LogP contribution in [-0.4, -0.2) is 12.0 Å². The summed E-state index contributed by atoms with van der Waals surface area (Å²) in [7, 11) is 0. The summed E-state index contributed by atoms with van der Waals surface area (Å²) in [5, 5.41) is 2.82. The molecule has 0 aliphatic rings. The summed E-state index contributed by atoms with van der Waals surface area (Å²) >= 11 is 0. The summed E-state index contributed by atoms with van der Waals surface area (Å²) in [6, 6.07) is 20.2. The van der Waals surface area contributed by atoms with Crippen molar-refractivity contribution in [2.24, 2.45) is 0 Å². The molecule has 3 aromatic rings. The van der Waals surface area contributed by atoms with Crippen LogP contribution in [0.25, 0.3) is 11.1 Å². The van der Waals surface area contributed by atoms with Crippen LogP contribution in [0.1, 0.15) is 6.92 Å². The smallest absolute Gasteiger partial charge is 0.265 e. The summed E-state index contributed by atoms with van der Waals surface area (Å²) in [4.78, 5) is 12.4. The summed E-state index contributed by atoms with van der Waals surface area (Å²) in [6.45, 7) is 1.54. The summed E-state index contributed by atoms with van der Waals surface area (Å²) in [5.74, 6) is -2.29. The topological polar surface area (TPSA) is 38.3 Å². The van der Waals surface area contributed by atoms with E-state index in [1.54, 1.807) is 13.0 Å². The minimum Gasteiger partial charge on any atom is -0.481 e. The number of halogens is 2. The van der Waals surface area contributed by atoms with E-state index in [1.165, 1.54) is 6.07 Å². The standard InChI is InChI=1S/C21H17F2NO2/c1-14(26-16-11-12-18(22)19(23)13-16)21(25)24-20-10-6-5-9-17(20)15-7-3-2-4-8-15/h2-14H,1H3,(H,24,25). The fourth-order valence-corrected chi connectivity index (χ4v) is 2.50. The van der Waals surface area contributed by atoms with E-state index >= 15 is 0 Å². The molecule has 0 aliphatic heterocycles. The second-order valence-corrected chi connectivity index (χ2v) is 5.74. The first kappa shape index (κ1) is 17.6. The van der Waals surface area contributed by atoms with Gasteiger partial charge in [-0.25, -0.2) is 8.78 Å². The Bertz CT molecular complexity index is 913. The van der Waals surface area contributed by atoms with Crippen molar-refractivity contribution in [1.82, 2.24) is 0 Å². The van der Waals surface area contributed by atoms with Crippen LogP contribution in [0.2, 0.25) is 0 Å². The number of ether oxygens (including phenoxy) is 1. The highest BCUT2D eigenvalue weighted by atomic mass is 19.2. The maximum absolute atomic E-state index is 13.3. The van der Waals surface area contributed by atoms with Crippen LogP contribution in [0.4, 0.5) is 14.5 Å². The van der Waals surface area contributed by atoms with Gasteiger partial charge in [0.05, 0.1) is 0 Å². The number of rotatable bonds is 5. The Morgan fingerprint density at radius 1 is 0.923 bits per heavy atom. The van der Waals surface area contributed by atoms with Crippen molar-refractivity contribution in [2.45, 2.75) is 13.0 Å². The number of amides is 1. The van der Waals surface area contributed by atoms with Crippen LogP contribution in [0.5, 0.6) is 5.75 Å². The fourth-order valence-electron chi connectivity index (χ4n) is 2.50. The monoisotopic (exact) mass is 353 g/mol. The van der Waals surface area contributed by atoms with Gasteiger partial charge < -0.3 is 10.1 Å². The third-order valence-corrected chi connectivity index (χ3v) is 3.84. The van der Waals surface area contributed by atoms with E-state index in [1.807, 2.05) is 48.5 Å². The maximum Gasteiger partial charge on any atom is 0.265 e. The Kier molecular flexibility index (Phi) is 5.27. The molecule has 1 amide bonds. The lowest BCUT2D eigenvalue weighted by Gasteiger charge is -2.17. The molecule has 3 aromatic carbocycles. The average Bonchev–Trinajstić information content (AvgIpc) is 2.66. The van der Waals surface area contributed by atoms with Gasteiger partial charge in [0.2, 0.25) is 0 Å². The zero-order valence-electron chi connectivity index (χ0n) is 14.1. The molecule has 5 heteroatoms. The third kappa shape index (κ3) is 4.06. The highest BCUT2D eigenvalue weighted by molar-refractivity contribution is 5.97. The maximum atomic E-state index is 13.3. The molecule has 0 radical (unpaired) electrons. The number of hydrogen-bond donors (Lipinski definition) is 1. The highest BCUT2D eigenvalue weighted by Gasteiger charge is 2.17. The van der Waals surface area contributed by atoms with Crippen molar-refractivity contribution in [3.8, 4) is 16.9 Å². The van der Waals surface area contributed by atoms with Crippen LogP contribution in [0.3, 0.4) is 0 Å². The first-order chi connectivity index (χ1) is 12.5. The normalized spacial score (nSPS) is 11.7. The van der Waals surface area contributed by atoms with Gasteiger partial charge in [0.1, 0.15) is 5.75 Å². The van der Waals surface area contributed by atoms with Gasteiger partial charge in [-0.2, -0.15) is 0 Å². The van der Waals surface area contributed by atoms with Gasteiger partial charge in [-0.15, -0.1) is 0 Å². The van der Waals surface area contributed by atoms with E-state index in [0.29, 0.717) is 5.69 Å². The molecule has 0 saturated carbocycles. The highest BCUT2D eigenvalue weighted by Crippen LogP contribution is 2.27. The van der Waals surface area contributed by atoms with Crippen LogP contribution < -0.4 is 10.1 Å². The van der Waals surface area contributed by atoms with Crippen LogP contribution in [-0.2, 0) is 4.79 Å². The van der Waals surface area contributed by atoms with Crippen molar-refractivity contribution in [3.63, 3.8) is 0 Å². The molecule has 0 bridgehead atoms. The van der Waals surface area contributed by atoms with E-state index in [9.17, 15) is 13.6 Å². The molecule has 0 heterocycles. The van der Waals surface area contributed by atoms with Crippen molar-refractivity contribution in [1.29, 1.82) is 0 Å². The van der Waals surface area contributed by atoms with Crippen molar-refractivity contribution >= 4 is 11.6 Å². The molecule has 1 N–H and O–H groups in total. The molecule has 132 valence electrons. The van der Waals surface area contributed by atoms with Gasteiger partial charge in [0.25, 0.3) is 5.91 Å². The van der Waals surface area contributed by atoms with Crippen LogP contribution in [0.15, 0.2) is 72.8 Å². The van der Waals surface area contributed by atoms with Crippen LogP contribution in [0, 0.1) is 11.6 Å². The van der Waals surface area contributed by atoms with E-state index in [0.717, 1.165) is 23.3 Å². The molecular weight excluding hydrogens is 336 g/mol. The zero-order chi connectivity index (χ0) is 18.5. The molecule has 1 atom stereocenters. The van der Waals surface area contributed by atoms with Gasteiger partial charge in [-0.3, -0.25) is 4.79 Å². The molecule has 0 fully saturated rings. The lowest BCUT2D eigenvalue weighted by molar-refractivity contribution is -0.122. The van der Waals surface area contributed by atoms with E-state index in [2.05, 4.69) is 5.32 Å². The Balaban J connectivity index is 1.74. The number of carbonyl (C=O) groups excluding carboxylic acids is 1. The third-order valence-electron chi connectivity index (χ3n) is 3.84. The number of hydrogen-bond acceptors (Lipinski definition) is 2. The fraction of sp³-hybridized carbons (Fsp3) is 0.0952. The second kappa shape index (κ2) is 7.78. The lowest BCUT2D eigenvalue weighted by atomic mass is 10.0. The predicted octanol–water partition coefficient (Wildman–Crippen LogP) is 5.04. The SMILES string of the molecule is CC(Oc1ccc(F)c(F)c1)C(=O)Nc1ccccc1-c1ccccc1. The largest absolute Gasteiger partial charge is 0.481 e. The minimum atomic E-state index is -1.02. The molecule has 3 nitrogen and oxygen atoms in total. The van der Waals surface area contributed by atoms with Crippen LogP contribution >= 0.6 is 0 Å². The van der Waals surface area contributed by atoms with E-state index in [4.69, 9.17) is 4.74 Å². The predicted molar refractivity (Wildman–Crippen MR) is 97.0 cm³/mol. The Labute approximate surface area is 150 Å². The molecule has 0 aromatic heterocycles. The van der Waals surface area contributed by atoms with Gasteiger partial charge in [-0.1, -0.05) is 48.5 Å². The molecule has 0 spiro atoms. The number of nitrogens with one attached hydrogen (secondary N) is 1. The Hall–Kier alpha value is -3.21. The van der Waals surface area contributed by atoms with Gasteiger partial charge in [-0.05, 0) is 30.7 Å². The zero-order valence-corrected chi connectivity index (χ0v) is 14.1. The first-order valence-corrected chi connectivity index (χ1v) is 8.11. The summed E-state index contributed by atoms with van der Waals surface area (Å²) in [5.41, 5.74) is 2.49. The lowest BCUT2D eigenvalue weighted by Crippen LogP contribution is -2.30. The number of benzene rings is 3. The molecule has 1 unspecified atom stereocenters. The molecule has 0 aliphatic carbocycles. The Morgan fingerprint density at radius 3 is 2.35 bits per heavy atom. The molecule has 26 heavy (non-hydrogen) atoms. The van der Waals surface area contributed by atoms with Gasteiger partial charge in [0, 0.05) is 17.3 Å². The van der Waals surface area contributed by atoms with Crippen molar-refractivity contribution < 1.29 is 18.3 Å². The van der Waals surface area contributed by atoms with Gasteiger partial charge in [0.15, 0.2) is 17.7 Å². The van der Waals surface area contributed by atoms with E-state index < -0.39 is 23.6 Å². The summed E-state index contributed by atoms with van der Waals surface area (Å²) < 4.78 is 31.7. The summed E-state index contributed by atoms with van der Waals surface area (Å²) in [6.07, 6.45) is -0.885. The first-order valence-electron chi connectivity index (χ1n) is 8.11. The number of carbonyl (C=O) groups is 1. The minimum absolute atomic E-state index is 0.0860. The van der Waals surface area contributed by atoms with Gasteiger partial charge >= 0.3 is 0 Å². The van der Waals surface area contributed by atoms with E-state index in [-0.39, 0.29) is 5.75 Å². The quantitative estimate of drug-likeness (QED) is 0.698. The second-order valence-electron chi connectivity index (χ2n) is 5.74.